The number of hydrogen-bond donors (Lipinski definition) is 3. The van der Waals surface area contributed by atoms with Crippen molar-refractivity contribution < 1.29 is 13.2 Å². The normalized spacial score (nSPS) is 11.5. The minimum Gasteiger partial charge on any atom is -0.338 e. The molecule has 0 fully saturated rings. The van der Waals surface area contributed by atoms with Crippen LogP contribution in [0.4, 0.5) is 10.8 Å². The molecule has 174 valence electrons. The molecule has 35 heavy (non-hydrogen) atoms. The number of thiazole rings is 1. The number of aromatic nitrogens is 1. The maximum Gasteiger partial charge on any atom is 0.263 e. The van der Waals surface area contributed by atoms with E-state index in [1.165, 1.54) is 35.9 Å². The molecule has 0 aliphatic rings. The van der Waals surface area contributed by atoms with E-state index in [9.17, 15) is 18.5 Å². The Kier molecular flexibility index (Phi) is 7.17. The van der Waals surface area contributed by atoms with Gasteiger partial charge in [0.15, 0.2) is 10.2 Å². The molecule has 1 aromatic heterocycles. The number of nitriles is 1. The van der Waals surface area contributed by atoms with E-state index in [4.69, 9.17) is 12.2 Å². The minimum atomic E-state index is -3.76. The Morgan fingerprint density at radius 3 is 2.49 bits per heavy atom. The first-order valence-electron chi connectivity index (χ1n) is 10.1. The number of Topliss-reactive ketones (excluding diaryl/α,β-unsaturated/α-hetero) is 1. The van der Waals surface area contributed by atoms with E-state index >= 15 is 0 Å². The highest BCUT2D eigenvalue weighted by atomic mass is 32.2. The lowest BCUT2D eigenvalue weighted by atomic mass is 10.0. The predicted octanol–water partition coefficient (Wildman–Crippen LogP) is 4.67. The van der Waals surface area contributed by atoms with Crippen LogP contribution in [0.5, 0.6) is 0 Å². The van der Waals surface area contributed by atoms with Gasteiger partial charge >= 0.3 is 0 Å². The molecule has 3 N–H and O–H groups in total. The van der Waals surface area contributed by atoms with Crippen molar-refractivity contribution >= 4 is 66.1 Å². The van der Waals surface area contributed by atoms with Gasteiger partial charge in [0.05, 0.1) is 4.90 Å². The summed E-state index contributed by atoms with van der Waals surface area (Å²) in [5.41, 5.74) is 0.794. The number of hydrogen-bond acceptors (Lipinski definition) is 7. The molecule has 1 heterocycles. The maximum atomic E-state index is 12.8. The smallest absolute Gasteiger partial charge is 0.263 e. The van der Waals surface area contributed by atoms with Gasteiger partial charge in [0.25, 0.3) is 10.0 Å². The summed E-state index contributed by atoms with van der Waals surface area (Å²) in [5.74, 6) is -0.434. The van der Waals surface area contributed by atoms with Crippen LogP contribution in [0.2, 0.25) is 0 Å². The Bertz CT molecular complexity index is 1570. The molecule has 0 aliphatic heterocycles. The van der Waals surface area contributed by atoms with Gasteiger partial charge in [0.2, 0.25) is 5.78 Å². The van der Waals surface area contributed by atoms with Crippen molar-refractivity contribution in [2.24, 2.45) is 0 Å². The average molecular weight is 520 g/mol. The fourth-order valence-electron chi connectivity index (χ4n) is 3.10. The Balaban J connectivity index is 1.40. The van der Waals surface area contributed by atoms with Gasteiger partial charge in [0, 0.05) is 29.0 Å². The first kappa shape index (κ1) is 24.0. The lowest BCUT2D eigenvalue weighted by Gasteiger charge is -2.10. The second-order valence-corrected chi connectivity index (χ2v) is 10.1. The molecule has 4 aromatic rings. The summed E-state index contributed by atoms with van der Waals surface area (Å²) in [7, 11) is -3.76. The lowest BCUT2D eigenvalue weighted by molar-refractivity contribution is 0.103. The number of benzene rings is 3. The molecule has 0 atom stereocenters. The zero-order valence-corrected chi connectivity index (χ0v) is 20.4. The van der Waals surface area contributed by atoms with Crippen molar-refractivity contribution in [1.82, 2.24) is 10.3 Å². The van der Waals surface area contributed by atoms with Crippen molar-refractivity contribution in [3.8, 4) is 6.07 Å². The molecular formula is C24H17N5O3S3. The van der Waals surface area contributed by atoms with Crippen molar-refractivity contribution in [3.63, 3.8) is 0 Å². The number of anilines is 2. The highest BCUT2D eigenvalue weighted by molar-refractivity contribution is 7.93. The quantitative estimate of drug-likeness (QED) is 0.139. The molecule has 4 rings (SSSR count). The van der Waals surface area contributed by atoms with E-state index in [-0.39, 0.29) is 20.7 Å². The number of nitrogens with zero attached hydrogens (tertiary/aromatic N) is 2. The SMILES string of the molecule is N#C/C(=C\NC(=S)Nc1ccc(S(=O)(=O)Nc2nccs2)cc1)C(=O)c1ccc2ccccc2c1. The summed E-state index contributed by atoms with van der Waals surface area (Å²) in [6.07, 6.45) is 2.74. The van der Waals surface area contributed by atoms with Gasteiger partial charge in [-0.2, -0.15) is 5.26 Å². The number of thiocarbonyl (C=S) groups is 1. The molecule has 0 saturated carbocycles. The molecular weight excluding hydrogens is 502 g/mol. The van der Waals surface area contributed by atoms with E-state index in [1.54, 1.807) is 29.6 Å². The van der Waals surface area contributed by atoms with Crippen molar-refractivity contribution in [1.29, 1.82) is 5.26 Å². The third-order valence-electron chi connectivity index (χ3n) is 4.80. The van der Waals surface area contributed by atoms with Gasteiger partial charge in [-0.15, -0.1) is 11.3 Å². The van der Waals surface area contributed by atoms with E-state index in [0.29, 0.717) is 11.3 Å². The summed E-state index contributed by atoms with van der Waals surface area (Å²) in [5, 5.41) is 19.0. The van der Waals surface area contributed by atoms with Crippen molar-refractivity contribution in [2.45, 2.75) is 4.90 Å². The molecule has 0 unspecified atom stereocenters. The Hall–Kier alpha value is -4.11. The van der Waals surface area contributed by atoms with Gasteiger partial charge < -0.3 is 10.6 Å². The average Bonchev–Trinajstić information content (AvgIpc) is 3.36. The minimum absolute atomic E-state index is 0.0600. The van der Waals surface area contributed by atoms with Crippen molar-refractivity contribution in [3.05, 3.63) is 95.6 Å². The number of allylic oxidation sites excluding steroid dienone is 1. The lowest BCUT2D eigenvalue weighted by Crippen LogP contribution is -2.24. The molecule has 8 nitrogen and oxygen atoms in total. The van der Waals surface area contributed by atoms with Crippen LogP contribution in [0, 0.1) is 11.3 Å². The number of rotatable bonds is 7. The largest absolute Gasteiger partial charge is 0.338 e. The number of sulfonamides is 1. The first-order valence-corrected chi connectivity index (χ1v) is 12.9. The van der Waals surface area contributed by atoms with E-state index in [0.717, 1.165) is 10.8 Å². The van der Waals surface area contributed by atoms with Gasteiger partial charge in [-0.05, 0) is 53.3 Å². The predicted molar refractivity (Wildman–Crippen MR) is 141 cm³/mol. The molecule has 0 aliphatic carbocycles. The van der Waals surface area contributed by atoms with Gasteiger partial charge in [-0.1, -0.05) is 36.4 Å². The molecule has 0 bridgehead atoms. The zero-order chi connectivity index (χ0) is 24.8. The second-order valence-electron chi connectivity index (χ2n) is 7.13. The van der Waals surface area contributed by atoms with Gasteiger partial charge in [-0.25, -0.2) is 13.4 Å². The van der Waals surface area contributed by atoms with Crippen LogP contribution < -0.4 is 15.4 Å². The summed E-state index contributed by atoms with van der Waals surface area (Å²) in [6, 6.07) is 20.7. The van der Waals surface area contributed by atoms with Gasteiger partial charge in [-0.3, -0.25) is 9.52 Å². The fraction of sp³-hybridized carbons (Fsp3) is 0. The molecule has 3 aromatic carbocycles. The molecule has 0 saturated heterocycles. The van der Waals surface area contributed by atoms with Crippen LogP contribution in [0.1, 0.15) is 10.4 Å². The third-order valence-corrected chi connectivity index (χ3v) is 7.19. The second kappa shape index (κ2) is 10.4. The zero-order valence-electron chi connectivity index (χ0n) is 17.9. The van der Waals surface area contributed by atoms with Crippen LogP contribution in [-0.2, 0) is 10.0 Å². The summed E-state index contributed by atoms with van der Waals surface area (Å²) in [4.78, 5) is 16.7. The maximum absolute atomic E-state index is 12.8. The fourth-order valence-corrected chi connectivity index (χ4v) is 5.07. The van der Waals surface area contributed by atoms with Crippen LogP contribution in [0.3, 0.4) is 0 Å². The highest BCUT2D eigenvalue weighted by Crippen LogP contribution is 2.20. The van der Waals surface area contributed by atoms with Crippen molar-refractivity contribution in [2.75, 3.05) is 10.0 Å². The molecule has 11 heteroatoms. The molecule has 0 amide bonds. The summed E-state index contributed by atoms with van der Waals surface area (Å²) < 4.78 is 27.2. The standard InChI is InChI=1S/C24H17N5O3S3/c25-14-19(22(30)18-6-5-16-3-1-2-4-17(16)13-18)15-27-23(33)28-20-7-9-21(10-8-20)35(31,32)29-24-26-11-12-34-24/h1-13,15H,(H,26,29)(H2,27,28,33)/b19-15+. The van der Waals surface area contributed by atoms with Crippen LogP contribution in [0.25, 0.3) is 10.8 Å². The van der Waals surface area contributed by atoms with Crippen LogP contribution in [0.15, 0.2) is 95.0 Å². The third kappa shape index (κ3) is 5.88. The molecule has 0 spiro atoms. The number of carbonyl (C=O) groups is 1. The number of carbonyl (C=O) groups excluding carboxylic acids is 1. The number of ketones is 1. The Morgan fingerprint density at radius 2 is 1.80 bits per heavy atom. The number of nitrogens with one attached hydrogen (secondary N) is 3. The van der Waals surface area contributed by atoms with Crippen LogP contribution in [-0.4, -0.2) is 24.3 Å². The highest BCUT2D eigenvalue weighted by Gasteiger charge is 2.16. The monoisotopic (exact) mass is 519 g/mol. The Morgan fingerprint density at radius 1 is 1.06 bits per heavy atom. The topological polar surface area (TPSA) is 124 Å². The van der Waals surface area contributed by atoms with Crippen LogP contribution >= 0.6 is 23.6 Å². The number of fused-ring (bicyclic) bond motifs is 1. The Labute approximate surface area is 211 Å². The van der Waals surface area contributed by atoms with Gasteiger partial charge in [0.1, 0.15) is 11.6 Å². The summed E-state index contributed by atoms with van der Waals surface area (Å²) in [6.45, 7) is 0. The first-order chi connectivity index (χ1) is 16.9. The van der Waals surface area contributed by atoms with E-state index in [2.05, 4.69) is 20.3 Å². The molecule has 0 radical (unpaired) electrons. The van der Waals surface area contributed by atoms with E-state index in [1.807, 2.05) is 36.4 Å². The van der Waals surface area contributed by atoms with E-state index < -0.39 is 15.8 Å². The summed E-state index contributed by atoms with van der Waals surface area (Å²) >= 11 is 6.40.